The number of piperidine rings is 1. The first-order valence-electron chi connectivity index (χ1n) is 7.53. The fourth-order valence-electron chi connectivity index (χ4n) is 3.05. The van der Waals surface area contributed by atoms with Crippen molar-refractivity contribution in [2.45, 2.75) is 31.8 Å². The van der Waals surface area contributed by atoms with Crippen LogP contribution in [0.1, 0.15) is 36.4 Å². The lowest BCUT2D eigenvalue weighted by Crippen LogP contribution is -2.33. The summed E-state index contributed by atoms with van der Waals surface area (Å²) in [6.45, 7) is 1.91. The molecule has 3 heterocycles. The van der Waals surface area contributed by atoms with Gasteiger partial charge in [-0.2, -0.15) is 0 Å². The van der Waals surface area contributed by atoms with Gasteiger partial charge in [0.1, 0.15) is 0 Å². The molecule has 0 aliphatic carbocycles. The number of aryl methyl sites for hydroxylation is 1. The third kappa shape index (κ3) is 3.22. The first-order chi connectivity index (χ1) is 10.2. The molecule has 0 aromatic carbocycles. The summed E-state index contributed by atoms with van der Waals surface area (Å²) in [5.74, 6) is 0. The van der Waals surface area contributed by atoms with Gasteiger partial charge in [-0.3, -0.25) is 14.7 Å². The van der Waals surface area contributed by atoms with Crippen molar-refractivity contribution in [1.29, 1.82) is 0 Å². The van der Waals surface area contributed by atoms with Gasteiger partial charge in [0.2, 0.25) is 0 Å². The molecule has 4 heteroatoms. The number of hydrogen-bond acceptors (Lipinski definition) is 3. The van der Waals surface area contributed by atoms with Crippen molar-refractivity contribution in [2.75, 3.05) is 6.54 Å². The summed E-state index contributed by atoms with van der Waals surface area (Å²) in [4.78, 5) is 18.5. The molecular formula is C17H21N3O. The molecule has 0 radical (unpaired) electrons. The average Bonchev–Trinajstić information content (AvgIpc) is 2.52. The maximum atomic E-state index is 11.8. The quantitative estimate of drug-likeness (QED) is 0.868. The highest BCUT2D eigenvalue weighted by Gasteiger charge is 2.24. The van der Waals surface area contributed by atoms with E-state index >= 15 is 0 Å². The Labute approximate surface area is 125 Å². The third-order valence-corrected chi connectivity index (χ3v) is 4.24. The Morgan fingerprint density at radius 1 is 1.33 bits per heavy atom. The number of likely N-dealkylation sites (tertiary alicyclic amines) is 1. The molecule has 1 fully saturated rings. The van der Waals surface area contributed by atoms with Crippen molar-refractivity contribution in [3.63, 3.8) is 0 Å². The Balaban J connectivity index is 1.81. The molecule has 1 unspecified atom stereocenters. The van der Waals surface area contributed by atoms with E-state index in [1.807, 2.05) is 30.7 Å². The lowest BCUT2D eigenvalue weighted by molar-refractivity contribution is 0.140. The first-order valence-corrected chi connectivity index (χ1v) is 7.53. The second kappa shape index (κ2) is 6.22. The summed E-state index contributed by atoms with van der Waals surface area (Å²) >= 11 is 0. The zero-order chi connectivity index (χ0) is 14.7. The smallest absolute Gasteiger partial charge is 0.250 e. The fourth-order valence-corrected chi connectivity index (χ4v) is 3.05. The van der Waals surface area contributed by atoms with Crippen LogP contribution >= 0.6 is 0 Å². The Bertz CT molecular complexity index is 651. The summed E-state index contributed by atoms with van der Waals surface area (Å²) in [6, 6.07) is 8.35. The van der Waals surface area contributed by atoms with Crippen LogP contribution in [0.15, 0.2) is 47.7 Å². The van der Waals surface area contributed by atoms with Crippen LogP contribution in [0.3, 0.4) is 0 Å². The Morgan fingerprint density at radius 3 is 3.00 bits per heavy atom. The lowest BCUT2D eigenvalue weighted by Gasteiger charge is -2.35. The van der Waals surface area contributed by atoms with Crippen molar-refractivity contribution in [2.24, 2.45) is 7.05 Å². The maximum Gasteiger partial charge on any atom is 0.250 e. The van der Waals surface area contributed by atoms with E-state index in [-0.39, 0.29) is 5.56 Å². The van der Waals surface area contributed by atoms with Gasteiger partial charge in [-0.05, 0) is 42.6 Å². The van der Waals surface area contributed by atoms with Gasteiger partial charge in [0, 0.05) is 44.3 Å². The van der Waals surface area contributed by atoms with Crippen molar-refractivity contribution < 1.29 is 0 Å². The van der Waals surface area contributed by atoms with Crippen LogP contribution in [0.4, 0.5) is 0 Å². The predicted octanol–water partition coefficient (Wildman–Crippen LogP) is 2.51. The number of aromatic nitrogens is 2. The van der Waals surface area contributed by atoms with E-state index < -0.39 is 0 Å². The van der Waals surface area contributed by atoms with Crippen LogP contribution < -0.4 is 5.56 Å². The van der Waals surface area contributed by atoms with Gasteiger partial charge in [0.05, 0.1) is 0 Å². The summed E-state index contributed by atoms with van der Waals surface area (Å²) in [7, 11) is 1.78. The monoisotopic (exact) mass is 283 g/mol. The van der Waals surface area contributed by atoms with Crippen molar-refractivity contribution in [3.05, 3.63) is 64.3 Å². The van der Waals surface area contributed by atoms with Crippen LogP contribution in [-0.2, 0) is 13.6 Å². The molecule has 1 saturated heterocycles. The molecule has 0 spiro atoms. The second-order valence-corrected chi connectivity index (χ2v) is 5.75. The number of pyridine rings is 2. The van der Waals surface area contributed by atoms with Crippen LogP contribution in [0, 0.1) is 0 Å². The van der Waals surface area contributed by atoms with E-state index in [0.29, 0.717) is 6.04 Å². The topological polar surface area (TPSA) is 38.1 Å². The zero-order valence-corrected chi connectivity index (χ0v) is 12.4. The zero-order valence-electron chi connectivity index (χ0n) is 12.4. The van der Waals surface area contributed by atoms with Crippen molar-refractivity contribution in [1.82, 2.24) is 14.5 Å². The third-order valence-electron chi connectivity index (χ3n) is 4.24. The largest absolute Gasteiger partial charge is 0.319 e. The Hall–Kier alpha value is -1.94. The van der Waals surface area contributed by atoms with Crippen LogP contribution in [0.2, 0.25) is 0 Å². The molecule has 2 aromatic rings. The molecule has 1 aliphatic rings. The van der Waals surface area contributed by atoms with Gasteiger partial charge in [-0.25, -0.2) is 0 Å². The van der Waals surface area contributed by atoms with Crippen LogP contribution in [0.25, 0.3) is 0 Å². The molecule has 0 saturated carbocycles. The van der Waals surface area contributed by atoms with Crippen LogP contribution in [0.5, 0.6) is 0 Å². The van der Waals surface area contributed by atoms with Gasteiger partial charge in [-0.15, -0.1) is 0 Å². The van der Waals surface area contributed by atoms with Crippen LogP contribution in [-0.4, -0.2) is 21.0 Å². The molecule has 3 rings (SSSR count). The van der Waals surface area contributed by atoms with E-state index in [4.69, 9.17) is 0 Å². The average molecular weight is 283 g/mol. The highest BCUT2D eigenvalue weighted by Crippen LogP contribution is 2.31. The molecule has 4 nitrogen and oxygen atoms in total. The molecule has 110 valence electrons. The van der Waals surface area contributed by atoms with Gasteiger partial charge in [0.25, 0.3) is 5.56 Å². The van der Waals surface area contributed by atoms with Crippen molar-refractivity contribution in [3.8, 4) is 0 Å². The summed E-state index contributed by atoms with van der Waals surface area (Å²) < 4.78 is 1.61. The minimum Gasteiger partial charge on any atom is -0.319 e. The second-order valence-electron chi connectivity index (χ2n) is 5.75. The van der Waals surface area contributed by atoms with E-state index in [1.165, 1.54) is 18.4 Å². The first kappa shape index (κ1) is 14.0. The molecule has 2 aromatic heterocycles. The van der Waals surface area contributed by atoms with Crippen molar-refractivity contribution >= 4 is 0 Å². The molecule has 21 heavy (non-hydrogen) atoms. The molecule has 1 atom stereocenters. The summed E-state index contributed by atoms with van der Waals surface area (Å²) in [5.41, 5.74) is 2.43. The highest BCUT2D eigenvalue weighted by atomic mass is 16.1. The highest BCUT2D eigenvalue weighted by molar-refractivity contribution is 5.17. The fraction of sp³-hybridized carbons (Fsp3) is 0.412. The number of rotatable bonds is 3. The van der Waals surface area contributed by atoms with E-state index in [1.54, 1.807) is 17.7 Å². The Morgan fingerprint density at radius 2 is 2.24 bits per heavy atom. The summed E-state index contributed by atoms with van der Waals surface area (Å²) in [6.07, 6.45) is 9.27. The molecule has 0 bridgehead atoms. The minimum absolute atomic E-state index is 0.0578. The number of nitrogens with zero attached hydrogens (tertiary/aromatic N) is 3. The molecule has 0 amide bonds. The molecule has 1 aliphatic heterocycles. The number of hydrogen-bond donors (Lipinski definition) is 0. The summed E-state index contributed by atoms with van der Waals surface area (Å²) in [5, 5.41) is 0. The molecular weight excluding hydrogens is 262 g/mol. The molecule has 0 N–H and O–H groups in total. The normalized spacial score (nSPS) is 19.6. The predicted molar refractivity (Wildman–Crippen MR) is 82.9 cm³/mol. The van der Waals surface area contributed by atoms with Gasteiger partial charge in [0.15, 0.2) is 0 Å². The van der Waals surface area contributed by atoms with Gasteiger partial charge < -0.3 is 4.57 Å². The van der Waals surface area contributed by atoms with Gasteiger partial charge >= 0.3 is 0 Å². The van der Waals surface area contributed by atoms with E-state index in [0.717, 1.165) is 25.1 Å². The minimum atomic E-state index is 0.0578. The lowest BCUT2D eigenvalue weighted by atomic mass is 9.96. The maximum absolute atomic E-state index is 11.8. The van der Waals surface area contributed by atoms with Gasteiger partial charge in [-0.1, -0.05) is 12.5 Å². The Kier molecular flexibility index (Phi) is 4.15. The SMILES string of the molecule is Cn1ccc(CN2CCCCC2c2cccnc2)cc1=O. The van der Waals surface area contributed by atoms with E-state index in [2.05, 4.69) is 16.0 Å². The standard InChI is InChI=1S/C17H21N3O/c1-19-10-7-14(11-17(19)21)13-20-9-3-2-6-16(20)15-5-4-8-18-12-15/h4-5,7-8,10-12,16H,2-3,6,9,13H2,1H3. The van der Waals surface area contributed by atoms with E-state index in [9.17, 15) is 4.79 Å².